The molecule has 1 fully saturated rings. The lowest BCUT2D eigenvalue weighted by atomic mass is 9.96. The number of benzene rings is 2. The lowest BCUT2D eigenvalue weighted by Crippen LogP contribution is -2.32. The van der Waals surface area contributed by atoms with Crippen LogP contribution < -0.4 is 0 Å². The fourth-order valence-corrected chi connectivity index (χ4v) is 3.31. The van der Waals surface area contributed by atoms with Crippen molar-refractivity contribution < 1.29 is 14.6 Å². The van der Waals surface area contributed by atoms with E-state index in [0.29, 0.717) is 22.9 Å². The second-order valence-corrected chi connectivity index (χ2v) is 6.48. The van der Waals surface area contributed by atoms with Crippen LogP contribution in [-0.4, -0.2) is 23.3 Å². The molecule has 1 N–H and O–H groups in total. The minimum absolute atomic E-state index is 0.0961. The number of hydrogen-bond acceptors (Lipinski definition) is 3. The molecule has 2 aromatic carbocycles. The van der Waals surface area contributed by atoms with Gasteiger partial charge in [0, 0.05) is 21.9 Å². The van der Waals surface area contributed by atoms with Crippen LogP contribution in [0, 0.1) is 0 Å². The number of cyclic esters (lactones) is 1. The summed E-state index contributed by atoms with van der Waals surface area (Å²) in [5.41, 5.74) is 1.13. The Hall–Kier alpha value is -1.29. The third-order valence-corrected chi connectivity index (χ3v) is 4.55. The molecular formula is C17H16Cl2O3. The van der Waals surface area contributed by atoms with Crippen molar-refractivity contribution in [3.05, 3.63) is 45.9 Å². The number of esters is 1. The Labute approximate surface area is 138 Å². The largest absolute Gasteiger partial charge is 0.462 e. The summed E-state index contributed by atoms with van der Waals surface area (Å²) in [6, 6.07) is 9.50. The molecule has 22 heavy (non-hydrogen) atoms. The van der Waals surface area contributed by atoms with Gasteiger partial charge in [-0.25, -0.2) is 0 Å². The Morgan fingerprint density at radius 2 is 2.00 bits per heavy atom. The average Bonchev–Trinajstić information content (AvgIpc) is 2.46. The number of aryl methyl sites for hydroxylation is 1. The lowest BCUT2D eigenvalue weighted by molar-refractivity contribution is -0.160. The molecule has 5 heteroatoms. The van der Waals surface area contributed by atoms with Crippen LogP contribution in [0.2, 0.25) is 10.0 Å². The molecule has 0 aliphatic carbocycles. The Kier molecular flexibility index (Phi) is 4.57. The van der Waals surface area contributed by atoms with Crippen LogP contribution in [-0.2, 0) is 16.0 Å². The van der Waals surface area contributed by atoms with E-state index in [-0.39, 0.29) is 18.5 Å². The summed E-state index contributed by atoms with van der Waals surface area (Å²) in [4.78, 5) is 11.4. The second kappa shape index (κ2) is 6.45. The molecule has 3 rings (SSSR count). The van der Waals surface area contributed by atoms with Gasteiger partial charge in [0.05, 0.1) is 12.5 Å². The van der Waals surface area contributed by atoms with Gasteiger partial charge in [0.15, 0.2) is 0 Å². The van der Waals surface area contributed by atoms with Crippen LogP contribution in [0.15, 0.2) is 30.3 Å². The van der Waals surface area contributed by atoms with Gasteiger partial charge < -0.3 is 9.84 Å². The van der Waals surface area contributed by atoms with Crippen molar-refractivity contribution >= 4 is 39.9 Å². The van der Waals surface area contributed by atoms with Gasteiger partial charge in [-0.2, -0.15) is 0 Å². The molecule has 0 bridgehead atoms. The molecule has 0 radical (unpaired) electrons. The monoisotopic (exact) mass is 338 g/mol. The number of halogens is 2. The lowest BCUT2D eigenvalue weighted by Gasteiger charge is -2.26. The normalized spacial score (nSPS) is 21.9. The predicted molar refractivity (Wildman–Crippen MR) is 87.4 cm³/mol. The highest BCUT2D eigenvalue weighted by molar-refractivity contribution is 6.37. The third-order valence-electron chi connectivity index (χ3n) is 3.99. The molecule has 0 amide bonds. The molecule has 1 aliphatic heterocycles. The second-order valence-electron chi connectivity index (χ2n) is 5.64. The molecule has 1 unspecified atom stereocenters. The van der Waals surface area contributed by atoms with E-state index in [9.17, 15) is 9.90 Å². The van der Waals surface area contributed by atoms with E-state index in [1.165, 1.54) is 0 Å². The maximum atomic E-state index is 11.4. The quantitative estimate of drug-likeness (QED) is 0.855. The summed E-state index contributed by atoms with van der Waals surface area (Å²) in [5.74, 6) is -0.323. The number of carbonyl (C=O) groups excluding carboxylic acids is 1. The fraction of sp³-hybridized carbons (Fsp3) is 0.353. The molecule has 1 saturated heterocycles. The zero-order chi connectivity index (χ0) is 15.7. The van der Waals surface area contributed by atoms with E-state index in [4.69, 9.17) is 27.9 Å². The van der Waals surface area contributed by atoms with Gasteiger partial charge in [0.1, 0.15) is 6.10 Å². The number of ether oxygens (including phenoxy) is 1. The van der Waals surface area contributed by atoms with Gasteiger partial charge in [0.25, 0.3) is 0 Å². The van der Waals surface area contributed by atoms with Crippen molar-refractivity contribution in [2.24, 2.45) is 0 Å². The summed E-state index contributed by atoms with van der Waals surface area (Å²) >= 11 is 12.3. The fourth-order valence-electron chi connectivity index (χ4n) is 2.92. The van der Waals surface area contributed by atoms with E-state index in [2.05, 4.69) is 0 Å². The number of rotatable bonds is 3. The maximum Gasteiger partial charge on any atom is 0.308 e. The highest BCUT2D eigenvalue weighted by Gasteiger charge is 2.26. The van der Waals surface area contributed by atoms with Crippen LogP contribution in [0.3, 0.4) is 0 Å². The van der Waals surface area contributed by atoms with Crippen LogP contribution in [0.1, 0.15) is 24.8 Å². The molecule has 0 spiro atoms. The number of hydrogen-bond donors (Lipinski definition) is 1. The van der Waals surface area contributed by atoms with Crippen molar-refractivity contribution in [2.75, 3.05) is 0 Å². The van der Waals surface area contributed by atoms with E-state index in [1.54, 1.807) is 0 Å². The van der Waals surface area contributed by atoms with Gasteiger partial charge in [-0.3, -0.25) is 4.79 Å². The maximum absolute atomic E-state index is 11.4. The SMILES string of the molecule is O=C1C[C@H](O)CC(CCc2ccc(Cl)c3cc(Cl)ccc23)O1. The first-order chi connectivity index (χ1) is 10.5. The molecule has 1 heterocycles. The van der Waals surface area contributed by atoms with E-state index >= 15 is 0 Å². The number of carbonyl (C=O) groups is 1. The molecule has 1 aliphatic rings. The standard InChI is InChI=1S/C17H16Cl2O3/c18-11-3-5-14-10(2-6-16(19)15(14)7-11)1-4-13-8-12(20)9-17(21)22-13/h2-3,5-7,12-13,20H,1,4,8-9H2/t12-,13?/m1/s1. The predicted octanol–water partition coefficient (Wildman–Crippen LogP) is 4.15. The number of aliphatic hydroxyl groups is 1. The number of aliphatic hydroxyl groups excluding tert-OH is 1. The first-order valence-electron chi connectivity index (χ1n) is 7.27. The molecule has 2 aromatic rings. The highest BCUT2D eigenvalue weighted by Crippen LogP contribution is 2.30. The molecule has 116 valence electrons. The smallest absolute Gasteiger partial charge is 0.308 e. The van der Waals surface area contributed by atoms with E-state index in [0.717, 1.165) is 22.8 Å². The van der Waals surface area contributed by atoms with Gasteiger partial charge in [0.2, 0.25) is 0 Å². The summed E-state index contributed by atoms with van der Waals surface area (Å²) in [7, 11) is 0. The zero-order valence-electron chi connectivity index (χ0n) is 11.9. The van der Waals surface area contributed by atoms with Crippen LogP contribution in [0.4, 0.5) is 0 Å². The summed E-state index contributed by atoms with van der Waals surface area (Å²) in [6.07, 6.45) is 1.21. The van der Waals surface area contributed by atoms with Crippen molar-refractivity contribution in [1.82, 2.24) is 0 Å². The minimum Gasteiger partial charge on any atom is -0.462 e. The first kappa shape index (κ1) is 15.6. The highest BCUT2D eigenvalue weighted by atomic mass is 35.5. The van der Waals surface area contributed by atoms with E-state index in [1.807, 2.05) is 30.3 Å². The molecule has 2 atom stereocenters. The van der Waals surface area contributed by atoms with Crippen molar-refractivity contribution in [3.63, 3.8) is 0 Å². The van der Waals surface area contributed by atoms with Gasteiger partial charge in [-0.1, -0.05) is 35.3 Å². The first-order valence-corrected chi connectivity index (χ1v) is 8.02. The van der Waals surface area contributed by atoms with Crippen LogP contribution in [0.25, 0.3) is 10.8 Å². The zero-order valence-corrected chi connectivity index (χ0v) is 13.4. The van der Waals surface area contributed by atoms with Gasteiger partial charge in [-0.15, -0.1) is 0 Å². The van der Waals surface area contributed by atoms with Crippen molar-refractivity contribution in [3.8, 4) is 0 Å². The summed E-state index contributed by atoms with van der Waals surface area (Å²) < 4.78 is 5.29. The molecule has 0 saturated carbocycles. The van der Waals surface area contributed by atoms with Crippen LogP contribution in [0.5, 0.6) is 0 Å². The Morgan fingerprint density at radius 1 is 1.18 bits per heavy atom. The molecule has 0 aromatic heterocycles. The minimum atomic E-state index is -0.591. The molecular weight excluding hydrogens is 323 g/mol. The molecule has 3 nitrogen and oxygen atoms in total. The van der Waals surface area contributed by atoms with Crippen molar-refractivity contribution in [1.29, 1.82) is 0 Å². The van der Waals surface area contributed by atoms with Crippen LogP contribution >= 0.6 is 23.2 Å². The Bertz CT molecular complexity index is 714. The third kappa shape index (κ3) is 3.37. The average molecular weight is 339 g/mol. The Morgan fingerprint density at radius 3 is 2.77 bits per heavy atom. The Balaban J connectivity index is 1.79. The topological polar surface area (TPSA) is 46.5 Å². The summed E-state index contributed by atoms with van der Waals surface area (Å²) in [5, 5.41) is 12.9. The van der Waals surface area contributed by atoms with E-state index < -0.39 is 6.10 Å². The van der Waals surface area contributed by atoms with Gasteiger partial charge >= 0.3 is 5.97 Å². The summed E-state index contributed by atoms with van der Waals surface area (Å²) in [6.45, 7) is 0. The van der Waals surface area contributed by atoms with Crippen molar-refractivity contribution in [2.45, 2.75) is 37.9 Å². The number of fused-ring (bicyclic) bond motifs is 1. The van der Waals surface area contributed by atoms with Gasteiger partial charge in [-0.05, 0) is 42.0 Å².